The van der Waals surface area contributed by atoms with Gasteiger partial charge >= 0.3 is 0 Å². The lowest BCUT2D eigenvalue weighted by atomic mass is 10.1. The number of hydrogen-bond acceptors (Lipinski definition) is 3. The minimum atomic E-state index is -0.240. The van der Waals surface area contributed by atoms with E-state index < -0.39 is 0 Å². The summed E-state index contributed by atoms with van der Waals surface area (Å²) in [5.41, 5.74) is 6.34. The Hall–Kier alpha value is -1.42. The van der Waals surface area contributed by atoms with E-state index in [-0.39, 0.29) is 11.9 Å². The molecule has 2 N–H and O–H groups in total. The molecule has 1 aromatic rings. The molecule has 0 radical (unpaired) electrons. The largest absolute Gasteiger partial charge is 0.477 e. The van der Waals surface area contributed by atoms with Crippen molar-refractivity contribution >= 4 is 5.90 Å². The number of ether oxygens (including phenoxy) is 1. The van der Waals surface area contributed by atoms with Crippen molar-refractivity contribution in [1.82, 2.24) is 0 Å². The van der Waals surface area contributed by atoms with Gasteiger partial charge in [-0.05, 0) is 17.7 Å². The van der Waals surface area contributed by atoms with Crippen LogP contribution < -0.4 is 5.73 Å². The third-order valence-electron chi connectivity index (χ3n) is 2.14. The van der Waals surface area contributed by atoms with Crippen molar-refractivity contribution in [2.24, 2.45) is 10.7 Å². The van der Waals surface area contributed by atoms with Crippen molar-refractivity contribution in [1.29, 1.82) is 0 Å². The highest BCUT2D eigenvalue weighted by atomic mass is 19.1. The van der Waals surface area contributed by atoms with Gasteiger partial charge in [0, 0.05) is 0 Å². The van der Waals surface area contributed by atoms with Crippen LogP contribution in [0, 0.1) is 5.82 Å². The summed E-state index contributed by atoms with van der Waals surface area (Å²) in [6.07, 6.45) is 0. The Morgan fingerprint density at radius 2 is 2.14 bits per heavy atom. The van der Waals surface area contributed by atoms with Crippen LogP contribution in [0.4, 0.5) is 4.39 Å². The fourth-order valence-corrected chi connectivity index (χ4v) is 1.39. The SMILES string of the molecule is NCC1=NC(c2ccc(F)cc2)CO1. The molecule has 0 aromatic heterocycles. The van der Waals surface area contributed by atoms with Crippen molar-refractivity contribution in [3.05, 3.63) is 35.6 Å². The zero-order valence-corrected chi connectivity index (χ0v) is 7.61. The minimum Gasteiger partial charge on any atom is -0.477 e. The fourth-order valence-electron chi connectivity index (χ4n) is 1.39. The maximum atomic E-state index is 12.6. The van der Waals surface area contributed by atoms with E-state index in [4.69, 9.17) is 10.5 Å². The maximum Gasteiger partial charge on any atom is 0.198 e. The summed E-state index contributed by atoms with van der Waals surface area (Å²) < 4.78 is 17.9. The Morgan fingerprint density at radius 1 is 1.43 bits per heavy atom. The van der Waals surface area contributed by atoms with Crippen LogP contribution in [-0.4, -0.2) is 19.0 Å². The van der Waals surface area contributed by atoms with Crippen LogP contribution in [0.15, 0.2) is 29.3 Å². The Labute approximate surface area is 81.4 Å². The smallest absolute Gasteiger partial charge is 0.198 e. The molecule has 1 atom stereocenters. The van der Waals surface area contributed by atoms with Crippen LogP contribution in [0.1, 0.15) is 11.6 Å². The highest BCUT2D eigenvalue weighted by Crippen LogP contribution is 2.22. The van der Waals surface area contributed by atoms with E-state index in [0.717, 1.165) is 5.56 Å². The van der Waals surface area contributed by atoms with E-state index >= 15 is 0 Å². The van der Waals surface area contributed by atoms with E-state index in [1.807, 2.05) is 0 Å². The maximum absolute atomic E-state index is 12.6. The monoisotopic (exact) mass is 194 g/mol. The number of rotatable bonds is 2. The molecule has 0 fully saturated rings. The summed E-state index contributed by atoms with van der Waals surface area (Å²) in [5, 5.41) is 0. The van der Waals surface area contributed by atoms with Crippen LogP contribution in [0.5, 0.6) is 0 Å². The fraction of sp³-hybridized carbons (Fsp3) is 0.300. The standard InChI is InChI=1S/C10H11FN2O/c11-8-3-1-7(2-4-8)9-6-14-10(5-12)13-9/h1-4,9H,5-6,12H2. The van der Waals surface area contributed by atoms with E-state index in [1.54, 1.807) is 12.1 Å². The second-order valence-corrected chi connectivity index (χ2v) is 3.11. The molecule has 3 nitrogen and oxygen atoms in total. The number of halogens is 1. The molecule has 1 aliphatic rings. The number of nitrogens with two attached hydrogens (primary N) is 1. The van der Waals surface area contributed by atoms with Crippen LogP contribution >= 0.6 is 0 Å². The highest BCUT2D eigenvalue weighted by molar-refractivity contribution is 5.79. The minimum absolute atomic E-state index is 0.0332. The molecule has 1 heterocycles. The first-order chi connectivity index (χ1) is 6.79. The first kappa shape index (κ1) is 9.15. The van der Waals surface area contributed by atoms with E-state index in [2.05, 4.69) is 4.99 Å². The predicted molar refractivity (Wildman–Crippen MR) is 51.6 cm³/mol. The molecular weight excluding hydrogens is 183 g/mol. The summed E-state index contributed by atoms with van der Waals surface area (Å²) in [7, 11) is 0. The molecule has 1 unspecified atom stereocenters. The van der Waals surface area contributed by atoms with Crippen molar-refractivity contribution in [3.63, 3.8) is 0 Å². The second-order valence-electron chi connectivity index (χ2n) is 3.11. The summed E-state index contributed by atoms with van der Waals surface area (Å²) in [6.45, 7) is 0.815. The van der Waals surface area contributed by atoms with E-state index in [0.29, 0.717) is 19.0 Å². The summed E-state index contributed by atoms with van der Waals surface area (Å²) in [6, 6.07) is 6.24. The Kier molecular flexibility index (Phi) is 2.45. The lowest BCUT2D eigenvalue weighted by Gasteiger charge is -2.04. The first-order valence-corrected chi connectivity index (χ1v) is 4.44. The molecule has 0 amide bonds. The second kappa shape index (κ2) is 3.75. The average molecular weight is 194 g/mol. The van der Waals surface area contributed by atoms with Gasteiger partial charge in [0.05, 0.1) is 6.54 Å². The zero-order valence-electron chi connectivity index (χ0n) is 7.61. The molecular formula is C10H11FN2O. The molecule has 0 saturated heterocycles. The van der Waals surface area contributed by atoms with Crippen LogP contribution in [0.25, 0.3) is 0 Å². The predicted octanol–water partition coefficient (Wildman–Crippen LogP) is 1.25. The molecule has 1 aromatic carbocycles. The summed E-state index contributed by atoms with van der Waals surface area (Å²) >= 11 is 0. The molecule has 1 aliphatic heterocycles. The Bertz CT molecular complexity index is 348. The van der Waals surface area contributed by atoms with Gasteiger partial charge < -0.3 is 10.5 Å². The number of hydrogen-bond donors (Lipinski definition) is 1. The third kappa shape index (κ3) is 1.75. The van der Waals surface area contributed by atoms with Gasteiger partial charge in [-0.25, -0.2) is 9.38 Å². The molecule has 2 rings (SSSR count). The molecule has 0 bridgehead atoms. The third-order valence-corrected chi connectivity index (χ3v) is 2.14. The highest BCUT2D eigenvalue weighted by Gasteiger charge is 2.19. The van der Waals surface area contributed by atoms with Crippen LogP contribution in [0.3, 0.4) is 0 Å². The molecule has 74 valence electrons. The number of nitrogens with zero attached hydrogens (tertiary/aromatic N) is 1. The molecule has 4 heteroatoms. The molecule has 0 spiro atoms. The lowest BCUT2D eigenvalue weighted by molar-refractivity contribution is 0.315. The van der Waals surface area contributed by atoms with E-state index in [9.17, 15) is 4.39 Å². The molecule has 14 heavy (non-hydrogen) atoms. The van der Waals surface area contributed by atoms with Gasteiger partial charge in [-0.1, -0.05) is 12.1 Å². The quantitative estimate of drug-likeness (QED) is 0.770. The lowest BCUT2D eigenvalue weighted by Crippen LogP contribution is -2.13. The van der Waals surface area contributed by atoms with Gasteiger partial charge in [-0.15, -0.1) is 0 Å². The van der Waals surface area contributed by atoms with Gasteiger partial charge in [-0.2, -0.15) is 0 Å². The van der Waals surface area contributed by atoms with Gasteiger partial charge in [0.1, 0.15) is 18.5 Å². The topological polar surface area (TPSA) is 47.6 Å². The Balaban J connectivity index is 2.17. The van der Waals surface area contributed by atoms with Gasteiger partial charge in [0.15, 0.2) is 5.90 Å². The number of aliphatic imine (C=N–C) groups is 1. The summed E-state index contributed by atoms with van der Waals surface area (Å²) in [4.78, 5) is 4.25. The summed E-state index contributed by atoms with van der Waals surface area (Å²) in [5.74, 6) is 0.329. The van der Waals surface area contributed by atoms with Gasteiger partial charge in [0.25, 0.3) is 0 Å². The van der Waals surface area contributed by atoms with Crippen LogP contribution in [-0.2, 0) is 4.74 Å². The normalized spacial score (nSPS) is 20.4. The van der Waals surface area contributed by atoms with Crippen molar-refractivity contribution in [2.45, 2.75) is 6.04 Å². The first-order valence-electron chi connectivity index (χ1n) is 4.44. The number of benzene rings is 1. The van der Waals surface area contributed by atoms with Gasteiger partial charge in [-0.3, -0.25) is 0 Å². The average Bonchev–Trinajstić information content (AvgIpc) is 2.67. The van der Waals surface area contributed by atoms with Crippen molar-refractivity contribution in [3.8, 4) is 0 Å². The van der Waals surface area contributed by atoms with Crippen LogP contribution in [0.2, 0.25) is 0 Å². The zero-order chi connectivity index (χ0) is 9.97. The Morgan fingerprint density at radius 3 is 2.71 bits per heavy atom. The molecule has 0 aliphatic carbocycles. The van der Waals surface area contributed by atoms with Crippen molar-refractivity contribution in [2.75, 3.05) is 13.2 Å². The van der Waals surface area contributed by atoms with Gasteiger partial charge in [0.2, 0.25) is 0 Å². The van der Waals surface area contributed by atoms with E-state index in [1.165, 1.54) is 12.1 Å². The molecule has 0 saturated carbocycles. The van der Waals surface area contributed by atoms with Crippen molar-refractivity contribution < 1.29 is 9.13 Å².